The van der Waals surface area contributed by atoms with E-state index >= 15 is 0 Å². The van der Waals surface area contributed by atoms with E-state index in [1.807, 2.05) is 0 Å². The molecule has 0 bridgehead atoms. The van der Waals surface area contributed by atoms with Crippen LogP contribution < -0.4 is 10.6 Å². The van der Waals surface area contributed by atoms with E-state index in [-0.39, 0.29) is 11.8 Å². The molecule has 0 rings (SSSR count). The van der Waals surface area contributed by atoms with E-state index in [9.17, 15) is 9.59 Å². The molecule has 0 aliphatic carbocycles. The third-order valence-corrected chi connectivity index (χ3v) is 1.86. The molecule has 0 aromatic heterocycles. The van der Waals surface area contributed by atoms with Crippen molar-refractivity contribution in [1.29, 1.82) is 0 Å². The van der Waals surface area contributed by atoms with E-state index in [0.717, 1.165) is 0 Å². The van der Waals surface area contributed by atoms with E-state index in [1.165, 1.54) is 0 Å². The monoisotopic (exact) mass is 220 g/mol. The maximum absolute atomic E-state index is 11.4. The molecule has 0 saturated heterocycles. The molecule has 1 atom stereocenters. The van der Waals surface area contributed by atoms with Crippen molar-refractivity contribution >= 4 is 24.6 Å². The Bertz CT molecular complexity index is 209. The molecule has 0 saturated carbocycles. The highest BCUT2D eigenvalue weighted by Crippen LogP contribution is 2.01. The van der Waals surface area contributed by atoms with Crippen molar-refractivity contribution in [2.24, 2.45) is 5.92 Å². The van der Waals surface area contributed by atoms with Crippen LogP contribution in [0.3, 0.4) is 0 Å². The summed E-state index contributed by atoms with van der Waals surface area (Å²) in [6.07, 6.45) is -1.19. The van der Waals surface area contributed by atoms with Crippen LogP contribution in [0, 0.1) is 5.92 Å². The topological polar surface area (TPSA) is 78.4 Å². The highest BCUT2D eigenvalue weighted by Gasteiger charge is 2.23. The van der Waals surface area contributed by atoms with Gasteiger partial charge < -0.3 is 15.7 Å². The number of carbonyl (C=O) groups excluding carboxylic acids is 1. The van der Waals surface area contributed by atoms with Gasteiger partial charge in [0.2, 0.25) is 5.91 Å². The normalized spacial score (nSPS) is 12.3. The molecule has 2 amide bonds. The number of carbonyl (C=O) groups is 2. The summed E-state index contributed by atoms with van der Waals surface area (Å²) in [4.78, 5) is 21.8. The van der Waals surface area contributed by atoms with Crippen LogP contribution in [0.1, 0.15) is 13.8 Å². The Morgan fingerprint density at radius 1 is 1.43 bits per heavy atom. The molecular weight excluding hydrogens is 204 g/mol. The highest BCUT2D eigenvalue weighted by molar-refractivity contribution is 7.80. The molecule has 0 heterocycles. The predicted octanol–water partition coefficient (Wildman–Crippen LogP) is 0.325. The lowest BCUT2D eigenvalue weighted by Crippen LogP contribution is -2.49. The first-order chi connectivity index (χ1) is 6.49. The van der Waals surface area contributed by atoms with Gasteiger partial charge >= 0.3 is 6.09 Å². The van der Waals surface area contributed by atoms with Crippen LogP contribution in [0.15, 0.2) is 0 Å². The minimum absolute atomic E-state index is 0.0778. The summed E-state index contributed by atoms with van der Waals surface area (Å²) in [5, 5.41) is 13.2. The fourth-order valence-electron chi connectivity index (χ4n) is 0.957. The van der Waals surface area contributed by atoms with Crippen molar-refractivity contribution < 1.29 is 14.7 Å². The zero-order chi connectivity index (χ0) is 11.1. The second-order valence-electron chi connectivity index (χ2n) is 3.19. The van der Waals surface area contributed by atoms with Crippen LogP contribution in [0.2, 0.25) is 0 Å². The zero-order valence-corrected chi connectivity index (χ0v) is 9.17. The van der Waals surface area contributed by atoms with Gasteiger partial charge in [-0.25, -0.2) is 4.79 Å². The van der Waals surface area contributed by atoms with Crippen LogP contribution in [0.25, 0.3) is 0 Å². The summed E-state index contributed by atoms with van der Waals surface area (Å²) in [6, 6.07) is -0.701. The van der Waals surface area contributed by atoms with Crippen molar-refractivity contribution in [3.63, 3.8) is 0 Å². The molecular formula is C8H16N2O3S. The van der Waals surface area contributed by atoms with Crippen LogP contribution in [-0.4, -0.2) is 35.4 Å². The molecule has 0 radical (unpaired) electrons. The first-order valence-corrected chi connectivity index (χ1v) is 5.00. The van der Waals surface area contributed by atoms with Gasteiger partial charge in [-0.3, -0.25) is 4.79 Å². The van der Waals surface area contributed by atoms with Crippen LogP contribution in [-0.2, 0) is 4.79 Å². The lowest BCUT2D eigenvalue weighted by molar-refractivity contribution is -0.123. The Hall–Kier alpha value is -0.910. The van der Waals surface area contributed by atoms with Gasteiger partial charge in [-0.2, -0.15) is 12.6 Å². The highest BCUT2D eigenvalue weighted by atomic mass is 32.1. The van der Waals surface area contributed by atoms with Gasteiger partial charge in [-0.1, -0.05) is 13.8 Å². The first kappa shape index (κ1) is 13.1. The molecule has 14 heavy (non-hydrogen) atoms. The van der Waals surface area contributed by atoms with Crippen LogP contribution in [0.4, 0.5) is 4.79 Å². The van der Waals surface area contributed by atoms with Gasteiger partial charge in [0.25, 0.3) is 0 Å². The quantitative estimate of drug-likeness (QED) is 0.504. The molecule has 0 aromatic carbocycles. The second kappa shape index (κ2) is 6.53. The largest absolute Gasteiger partial charge is 0.465 e. The molecule has 1 unspecified atom stereocenters. The lowest BCUT2D eigenvalue weighted by atomic mass is 10.0. The Kier molecular flexibility index (Phi) is 6.11. The third kappa shape index (κ3) is 4.96. The molecule has 3 N–H and O–H groups in total. The van der Waals surface area contributed by atoms with E-state index in [2.05, 4.69) is 23.3 Å². The number of carboxylic acid groups (broad SMARTS) is 1. The summed E-state index contributed by atoms with van der Waals surface area (Å²) in [7, 11) is 0. The van der Waals surface area contributed by atoms with Gasteiger partial charge in [0.15, 0.2) is 0 Å². The van der Waals surface area contributed by atoms with E-state index in [1.54, 1.807) is 13.8 Å². The van der Waals surface area contributed by atoms with Crippen molar-refractivity contribution in [2.75, 3.05) is 12.3 Å². The van der Waals surface area contributed by atoms with E-state index in [4.69, 9.17) is 5.11 Å². The van der Waals surface area contributed by atoms with Crippen molar-refractivity contribution in [1.82, 2.24) is 10.6 Å². The van der Waals surface area contributed by atoms with Crippen molar-refractivity contribution in [3.8, 4) is 0 Å². The average Bonchev–Trinajstić information content (AvgIpc) is 2.09. The summed E-state index contributed by atoms with van der Waals surface area (Å²) in [5.41, 5.74) is 0. The SMILES string of the molecule is CC(C)C(NC(=O)O)C(=O)NCCS. The van der Waals surface area contributed by atoms with Gasteiger partial charge in [-0.05, 0) is 5.92 Å². The van der Waals surface area contributed by atoms with Crippen LogP contribution >= 0.6 is 12.6 Å². The average molecular weight is 220 g/mol. The van der Waals surface area contributed by atoms with E-state index < -0.39 is 12.1 Å². The maximum atomic E-state index is 11.4. The molecule has 0 aromatic rings. The molecule has 0 spiro atoms. The first-order valence-electron chi connectivity index (χ1n) is 4.37. The summed E-state index contributed by atoms with van der Waals surface area (Å²) < 4.78 is 0. The summed E-state index contributed by atoms with van der Waals surface area (Å²) in [6.45, 7) is 3.99. The number of thiol groups is 1. The molecule has 0 aliphatic rings. The van der Waals surface area contributed by atoms with Gasteiger partial charge in [0.05, 0.1) is 0 Å². The number of hydrogen-bond donors (Lipinski definition) is 4. The zero-order valence-electron chi connectivity index (χ0n) is 8.28. The lowest BCUT2D eigenvalue weighted by Gasteiger charge is -2.19. The predicted molar refractivity (Wildman–Crippen MR) is 56.6 cm³/mol. The molecule has 82 valence electrons. The second-order valence-corrected chi connectivity index (χ2v) is 3.63. The van der Waals surface area contributed by atoms with Crippen LogP contribution in [0.5, 0.6) is 0 Å². The molecule has 0 fully saturated rings. The summed E-state index contributed by atoms with van der Waals surface area (Å²) in [5.74, 6) is 0.145. The van der Waals surface area contributed by atoms with Gasteiger partial charge in [0, 0.05) is 12.3 Å². The van der Waals surface area contributed by atoms with E-state index in [0.29, 0.717) is 12.3 Å². The van der Waals surface area contributed by atoms with Crippen molar-refractivity contribution in [2.45, 2.75) is 19.9 Å². The van der Waals surface area contributed by atoms with Crippen molar-refractivity contribution in [3.05, 3.63) is 0 Å². The number of hydrogen-bond acceptors (Lipinski definition) is 3. The fraction of sp³-hybridized carbons (Fsp3) is 0.750. The maximum Gasteiger partial charge on any atom is 0.405 e. The minimum atomic E-state index is -1.19. The molecule has 0 aliphatic heterocycles. The fourth-order valence-corrected chi connectivity index (χ4v) is 1.07. The Morgan fingerprint density at radius 3 is 2.36 bits per heavy atom. The molecule has 6 heteroatoms. The Balaban J connectivity index is 4.19. The standard InChI is InChI=1S/C8H16N2O3S/c1-5(2)6(10-8(12)13)7(11)9-3-4-14/h5-6,10,14H,3-4H2,1-2H3,(H,9,11)(H,12,13). The number of nitrogens with one attached hydrogen (secondary N) is 2. The number of rotatable bonds is 5. The summed E-state index contributed by atoms with van der Waals surface area (Å²) >= 11 is 3.93. The third-order valence-electron chi connectivity index (χ3n) is 1.64. The Morgan fingerprint density at radius 2 is 2.00 bits per heavy atom. The minimum Gasteiger partial charge on any atom is -0.465 e. The van der Waals surface area contributed by atoms with Gasteiger partial charge in [0.1, 0.15) is 6.04 Å². The smallest absolute Gasteiger partial charge is 0.405 e. The molecule has 5 nitrogen and oxygen atoms in total. The van der Waals surface area contributed by atoms with Gasteiger partial charge in [-0.15, -0.1) is 0 Å². The number of amides is 2. The Labute approximate surface area is 88.7 Å².